The average Bonchev–Trinajstić information content (AvgIpc) is 3.03. The van der Waals surface area contributed by atoms with Crippen LogP contribution in [0.3, 0.4) is 0 Å². The number of hydrogen-bond acceptors (Lipinski definition) is 2. The zero-order valence-electron chi connectivity index (χ0n) is 11.2. The third-order valence-electron chi connectivity index (χ3n) is 4.26. The molecule has 0 heterocycles. The zero-order valence-corrected chi connectivity index (χ0v) is 11.2. The number of rotatable bonds is 4. The molecule has 0 radical (unpaired) electrons. The van der Waals surface area contributed by atoms with Crippen LogP contribution in [0.1, 0.15) is 18.4 Å². The summed E-state index contributed by atoms with van der Waals surface area (Å²) < 4.78 is 0. The van der Waals surface area contributed by atoms with Gasteiger partial charge in [0.15, 0.2) is 0 Å². The number of amides is 1. The van der Waals surface area contributed by atoms with Crippen LogP contribution in [0.25, 0.3) is 0 Å². The molecule has 3 nitrogen and oxygen atoms in total. The quantitative estimate of drug-likeness (QED) is 0.813. The molecular weight excluding hydrogens is 236 g/mol. The number of carbonyl (C=O) groups is 1. The Kier molecular flexibility index (Phi) is 3.38. The molecule has 3 unspecified atom stereocenters. The molecule has 2 aliphatic carbocycles. The highest BCUT2D eigenvalue weighted by Gasteiger charge is 2.39. The fourth-order valence-electron chi connectivity index (χ4n) is 3.29. The molecule has 0 aliphatic heterocycles. The van der Waals surface area contributed by atoms with E-state index in [1.807, 2.05) is 31.3 Å². The summed E-state index contributed by atoms with van der Waals surface area (Å²) >= 11 is 0. The molecule has 3 atom stereocenters. The van der Waals surface area contributed by atoms with E-state index in [4.69, 9.17) is 0 Å². The van der Waals surface area contributed by atoms with Gasteiger partial charge in [-0.15, -0.1) is 0 Å². The van der Waals surface area contributed by atoms with Gasteiger partial charge in [0.05, 0.1) is 0 Å². The third kappa shape index (κ3) is 2.43. The summed E-state index contributed by atoms with van der Waals surface area (Å²) in [5.41, 5.74) is 2.07. The standard InChI is InChI=1S/C16H20N2O/c1-17-10-13-4-2-3-5-15(13)18-16(19)14-9-11-6-7-12(14)8-11/h2-7,11-12,14,17H,8-10H2,1H3,(H,18,19). The van der Waals surface area contributed by atoms with Gasteiger partial charge in [0, 0.05) is 18.2 Å². The van der Waals surface area contributed by atoms with Crippen LogP contribution in [0.5, 0.6) is 0 Å². The first-order chi connectivity index (χ1) is 9.28. The van der Waals surface area contributed by atoms with Gasteiger partial charge in [-0.1, -0.05) is 30.4 Å². The van der Waals surface area contributed by atoms with E-state index >= 15 is 0 Å². The number of benzene rings is 1. The summed E-state index contributed by atoms with van der Waals surface area (Å²) in [7, 11) is 1.92. The van der Waals surface area contributed by atoms with Crippen LogP contribution in [0.4, 0.5) is 5.69 Å². The Morgan fingerprint density at radius 1 is 1.26 bits per heavy atom. The van der Waals surface area contributed by atoms with Crippen LogP contribution in [0.15, 0.2) is 36.4 Å². The Morgan fingerprint density at radius 3 is 2.79 bits per heavy atom. The summed E-state index contributed by atoms with van der Waals surface area (Å²) in [4.78, 5) is 12.4. The highest BCUT2D eigenvalue weighted by atomic mass is 16.1. The second kappa shape index (κ2) is 5.17. The SMILES string of the molecule is CNCc1ccccc1NC(=O)C1CC2C=CC1C2. The van der Waals surface area contributed by atoms with Crippen molar-refractivity contribution in [1.82, 2.24) is 5.32 Å². The van der Waals surface area contributed by atoms with Crippen molar-refractivity contribution in [1.29, 1.82) is 0 Å². The number of anilines is 1. The Labute approximate surface area is 114 Å². The first-order valence-corrected chi connectivity index (χ1v) is 6.99. The summed E-state index contributed by atoms with van der Waals surface area (Å²) in [5.74, 6) is 1.44. The Balaban J connectivity index is 1.71. The highest BCUT2D eigenvalue weighted by molar-refractivity contribution is 5.94. The topological polar surface area (TPSA) is 41.1 Å². The summed E-state index contributed by atoms with van der Waals surface area (Å²) in [5, 5.41) is 6.24. The van der Waals surface area contributed by atoms with E-state index in [1.165, 1.54) is 0 Å². The normalized spacial score (nSPS) is 27.7. The number of carbonyl (C=O) groups excluding carboxylic acids is 1. The fraction of sp³-hybridized carbons (Fsp3) is 0.438. The number of fused-ring (bicyclic) bond motifs is 2. The van der Waals surface area contributed by atoms with Crippen LogP contribution < -0.4 is 10.6 Å². The molecule has 1 fully saturated rings. The zero-order chi connectivity index (χ0) is 13.2. The third-order valence-corrected chi connectivity index (χ3v) is 4.26. The largest absolute Gasteiger partial charge is 0.326 e. The van der Waals surface area contributed by atoms with Crippen molar-refractivity contribution in [3.8, 4) is 0 Å². The van der Waals surface area contributed by atoms with Crippen molar-refractivity contribution in [3.63, 3.8) is 0 Å². The fourth-order valence-corrected chi connectivity index (χ4v) is 3.29. The molecule has 0 spiro atoms. The molecule has 2 aliphatic rings. The van der Waals surface area contributed by atoms with Crippen molar-refractivity contribution in [3.05, 3.63) is 42.0 Å². The van der Waals surface area contributed by atoms with Gasteiger partial charge in [-0.25, -0.2) is 0 Å². The molecule has 2 bridgehead atoms. The number of allylic oxidation sites excluding steroid dienone is 2. The van der Waals surface area contributed by atoms with E-state index in [-0.39, 0.29) is 11.8 Å². The van der Waals surface area contributed by atoms with Gasteiger partial charge >= 0.3 is 0 Å². The van der Waals surface area contributed by atoms with E-state index in [9.17, 15) is 4.79 Å². The molecule has 19 heavy (non-hydrogen) atoms. The van der Waals surface area contributed by atoms with Crippen LogP contribution in [0.2, 0.25) is 0 Å². The lowest BCUT2D eigenvalue weighted by molar-refractivity contribution is -0.120. The van der Waals surface area contributed by atoms with E-state index in [0.29, 0.717) is 11.8 Å². The first-order valence-electron chi connectivity index (χ1n) is 6.99. The Bertz CT molecular complexity index is 509. The maximum Gasteiger partial charge on any atom is 0.228 e. The van der Waals surface area contributed by atoms with E-state index in [1.54, 1.807) is 0 Å². The van der Waals surface area contributed by atoms with Gasteiger partial charge in [-0.2, -0.15) is 0 Å². The van der Waals surface area contributed by atoms with E-state index < -0.39 is 0 Å². The highest BCUT2D eigenvalue weighted by Crippen LogP contribution is 2.43. The molecule has 1 amide bonds. The monoisotopic (exact) mass is 256 g/mol. The van der Waals surface area contributed by atoms with Crippen LogP contribution in [-0.2, 0) is 11.3 Å². The number of nitrogens with one attached hydrogen (secondary N) is 2. The van der Waals surface area contributed by atoms with Gasteiger partial charge < -0.3 is 10.6 Å². The predicted octanol–water partition coefficient (Wildman–Crippen LogP) is 2.56. The molecule has 3 heteroatoms. The molecule has 2 N–H and O–H groups in total. The van der Waals surface area contributed by atoms with Crippen molar-refractivity contribution in [2.75, 3.05) is 12.4 Å². The maximum absolute atomic E-state index is 12.4. The molecule has 100 valence electrons. The second-order valence-corrected chi connectivity index (χ2v) is 5.56. The number of para-hydroxylation sites is 1. The molecule has 3 rings (SSSR count). The lowest BCUT2D eigenvalue weighted by Gasteiger charge is -2.19. The lowest BCUT2D eigenvalue weighted by atomic mass is 9.92. The van der Waals surface area contributed by atoms with Gasteiger partial charge in [-0.05, 0) is 43.4 Å². The summed E-state index contributed by atoms with van der Waals surface area (Å²) in [6.45, 7) is 0.771. The predicted molar refractivity (Wildman–Crippen MR) is 76.7 cm³/mol. The van der Waals surface area contributed by atoms with Crippen molar-refractivity contribution in [2.45, 2.75) is 19.4 Å². The van der Waals surface area contributed by atoms with Crippen LogP contribution in [-0.4, -0.2) is 13.0 Å². The average molecular weight is 256 g/mol. The van der Waals surface area contributed by atoms with E-state index in [0.717, 1.165) is 30.6 Å². The smallest absolute Gasteiger partial charge is 0.228 e. The second-order valence-electron chi connectivity index (χ2n) is 5.56. The van der Waals surface area contributed by atoms with Crippen molar-refractivity contribution < 1.29 is 4.79 Å². The van der Waals surface area contributed by atoms with Gasteiger partial charge in [-0.3, -0.25) is 4.79 Å². The molecule has 1 saturated carbocycles. The van der Waals surface area contributed by atoms with Gasteiger partial charge in [0.1, 0.15) is 0 Å². The molecule has 1 aromatic rings. The Hall–Kier alpha value is -1.61. The van der Waals surface area contributed by atoms with Crippen LogP contribution >= 0.6 is 0 Å². The number of hydrogen-bond donors (Lipinski definition) is 2. The van der Waals surface area contributed by atoms with Crippen LogP contribution in [0, 0.1) is 17.8 Å². The maximum atomic E-state index is 12.4. The Morgan fingerprint density at radius 2 is 2.11 bits per heavy atom. The van der Waals surface area contributed by atoms with Crippen molar-refractivity contribution >= 4 is 11.6 Å². The molecule has 0 saturated heterocycles. The minimum absolute atomic E-state index is 0.164. The molecule has 1 aromatic carbocycles. The van der Waals surface area contributed by atoms with Crippen molar-refractivity contribution in [2.24, 2.45) is 17.8 Å². The molecule has 0 aromatic heterocycles. The minimum atomic E-state index is 0.164. The molecular formula is C16H20N2O. The lowest BCUT2D eigenvalue weighted by Crippen LogP contribution is -2.26. The van der Waals surface area contributed by atoms with E-state index in [2.05, 4.69) is 22.8 Å². The first kappa shape index (κ1) is 12.4. The summed E-state index contributed by atoms with van der Waals surface area (Å²) in [6.07, 6.45) is 6.67. The minimum Gasteiger partial charge on any atom is -0.326 e. The van der Waals surface area contributed by atoms with Gasteiger partial charge in [0.25, 0.3) is 0 Å². The summed E-state index contributed by atoms with van der Waals surface area (Å²) in [6, 6.07) is 8.00. The van der Waals surface area contributed by atoms with Gasteiger partial charge in [0.2, 0.25) is 5.91 Å².